The molecule has 0 fully saturated rings. The highest BCUT2D eigenvalue weighted by Gasteiger charge is 2.19. The van der Waals surface area contributed by atoms with Gasteiger partial charge in [0.2, 0.25) is 5.88 Å². The number of aldehydes is 1. The zero-order chi connectivity index (χ0) is 16.3. The van der Waals surface area contributed by atoms with E-state index in [1.807, 2.05) is 13.8 Å². The van der Waals surface area contributed by atoms with Crippen LogP contribution in [0.5, 0.6) is 11.6 Å². The Hall–Kier alpha value is -2.21. The highest BCUT2D eigenvalue weighted by atomic mass is 35.5. The number of hydrogen-bond donors (Lipinski definition) is 0. The van der Waals surface area contributed by atoms with E-state index in [4.69, 9.17) is 21.1 Å². The average molecular weight is 325 g/mol. The van der Waals surface area contributed by atoms with E-state index in [0.717, 1.165) is 6.07 Å². The second-order valence-corrected chi connectivity index (χ2v) is 5.10. The topological polar surface area (TPSA) is 61.3 Å². The third-order valence-electron chi connectivity index (χ3n) is 2.80. The fourth-order valence-electron chi connectivity index (χ4n) is 1.92. The van der Waals surface area contributed by atoms with Gasteiger partial charge in [0.25, 0.3) is 0 Å². The number of halogens is 2. The van der Waals surface area contributed by atoms with Crippen molar-refractivity contribution in [2.24, 2.45) is 0 Å². The summed E-state index contributed by atoms with van der Waals surface area (Å²) in [7, 11) is 1.37. The van der Waals surface area contributed by atoms with Crippen molar-refractivity contribution in [2.75, 3.05) is 7.11 Å². The zero-order valence-corrected chi connectivity index (χ0v) is 13.0. The quantitative estimate of drug-likeness (QED) is 0.787. The Kier molecular flexibility index (Phi) is 4.92. The fourth-order valence-corrected chi connectivity index (χ4v) is 2.11. The van der Waals surface area contributed by atoms with Gasteiger partial charge in [0, 0.05) is 5.56 Å². The summed E-state index contributed by atoms with van der Waals surface area (Å²) in [5.74, 6) is -0.242. The number of hydrogen-bond acceptors (Lipinski definition) is 5. The molecule has 0 radical (unpaired) electrons. The first-order chi connectivity index (χ1) is 10.5. The van der Waals surface area contributed by atoms with Crippen LogP contribution in [0.15, 0.2) is 18.5 Å². The number of aromatic nitrogens is 2. The van der Waals surface area contributed by atoms with Crippen LogP contribution in [0.4, 0.5) is 4.39 Å². The van der Waals surface area contributed by atoms with Gasteiger partial charge in [-0.2, -0.15) is 0 Å². The van der Waals surface area contributed by atoms with Crippen molar-refractivity contribution in [1.82, 2.24) is 9.97 Å². The van der Waals surface area contributed by atoms with Crippen molar-refractivity contribution in [1.29, 1.82) is 0 Å². The predicted octanol–water partition coefficient (Wildman–Crippen LogP) is 3.54. The van der Waals surface area contributed by atoms with Crippen LogP contribution in [0.2, 0.25) is 5.02 Å². The summed E-state index contributed by atoms with van der Waals surface area (Å²) in [5.41, 5.74) is 0.259. The van der Waals surface area contributed by atoms with Crippen molar-refractivity contribution in [3.63, 3.8) is 0 Å². The molecule has 0 saturated heterocycles. The third-order valence-corrected chi connectivity index (χ3v) is 3.09. The molecular weight excluding hydrogens is 311 g/mol. The standard InChI is InChI=1S/C15H14ClFN2O3/c1-8(2)22-13-4-9(12(17)5-11(13)16)14-10(6-20)15(21-3)19-7-18-14/h4-8H,1-3H3. The molecular formula is C15H14ClFN2O3. The van der Waals surface area contributed by atoms with Crippen LogP contribution in [0.25, 0.3) is 11.3 Å². The van der Waals surface area contributed by atoms with Gasteiger partial charge >= 0.3 is 0 Å². The number of benzene rings is 1. The van der Waals surface area contributed by atoms with Crippen LogP contribution in [0.3, 0.4) is 0 Å². The molecule has 0 aliphatic rings. The SMILES string of the molecule is COc1ncnc(-c2cc(OC(C)C)c(Cl)cc2F)c1C=O. The number of carbonyl (C=O) groups is 1. The van der Waals surface area contributed by atoms with E-state index < -0.39 is 5.82 Å². The highest BCUT2D eigenvalue weighted by molar-refractivity contribution is 6.32. The number of carbonyl (C=O) groups excluding carboxylic acids is 1. The molecule has 0 unspecified atom stereocenters. The maximum atomic E-state index is 14.2. The minimum absolute atomic E-state index is 0.0571. The van der Waals surface area contributed by atoms with Crippen LogP contribution in [0.1, 0.15) is 24.2 Å². The molecule has 0 aliphatic heterocycles. The van der Waals surface area contributed by atoms with Crippen molar-refractivity contribution in [2.45, 2.75) is 20.0 Å². The van der Waals surface area contributed by atoms with Gasteiger partial charge in [0.05, 0.1) is 23.9 Å². The minimum Gasteiger partial charge on any atom is -0.489 e. The largest absolute Gasteiger partial charge is 0.489 e. The molecule has 22 heavy (non-hydrogen) atoms. The van der Waals surface area contributed by atoms with Gasteiger partial charge in [-0.05, 0) is 26.0 Å². The molecule has 1 aromatic heterocycles. The normalized spacial score (nSPS) is 10.6. The first-order valence-electron chi connectivity index (χ1n) is 6.48. The van der Waals surface area contributed by atoms with Crippen LogP contribution in [0, 0.1) is 5.82 Å². The maximum Gasteiger partial charge on any atom is 0.227 e. The van der Waals surface area contributed by atoms with E-state index in [9.17, 15) is 9.18 Å². The molecule has 2 rings (SSSR count). The molecule has 116 valence electrons. The summed E-state index contributed by atoms with van der Waals surface area (Å²) in [5, 5.41) is 0.142. The van der Waals surface area contributed by atoms with Gasteiger partial charge in [-0.25, -0.2) is 14.4 Å². The highest BCUT2D eigenvalue weighted by Crippen LogP contribution is 2.35. The predicted molar refractivity (Wildman–Crippen MR) is 80.1 cm³/mol. The molecule has 0 aliphatic carbocycles. The van der Waals surface area contributed by atoms with Crippen LogP contribution in [-0.2, 0) is 0 Å². The summed E-state index contributed by atoms with van der Waals surface area (Å²) >= 11 is 5.97. The molecule has 0 amide bonds. The monoisotopic (exact) mass is 324 g/mol. The van der Waals surface area contributed by atoms with Gasteiger partial charge in [0.15, 0.2) is 6.29 Å². The number of nitrogens with zero attached hydrogens (tertiary/aromatic N) is 2. The van der Waals surface area contributed by atoms with E-state index in [1.54, 1.807) is 0 Å². The Morgan fingerprint density at radius 2 is 2.05 bits per heavy atom. The fraction of sp³-hybridized carbons (Fsp3) is 0.267. The van der Waals surface area contributed by atoms with Crippen LogP contribution in [-0.4, -0.2) is 29.5 Å². The second-order valence-electron chi connectivity index (χ2n) is 4.69. The minimum atomic E-state index is -0.620. The zero-order valence-electron chi connectivity index (χ0n) is 12.3. The molecule has 0 bridgehead atoms. The molecule has 1 heterocycles. The maximum absolute atomic E-state index is 14.2. The lowest BCUT2D eigenvalue weighted by Gasteiger charge is -2.14. The van der Waals surface area contributed by atoms with Crippen LogP contribution >= 0.6 is 11.6 Å². The molecule has 0 atom stereocenters. The first kappa shape index (κ1) is 16.2. The molecule has 0 spiro atoms. The van der Waals surface area contributed by atoms with E-state index in [-0.39, 0.29) is 33.8 Å². The van der Waals surface area contributed by atoms with Gasteiger partial charge in [-0.3, -0.25) is 4.79 Å². The molecule has 0 N–H and O–H groups in total. The molecule has 0 saturated carbocycles. The van der Waals surface area contributed by atoms with Crippen LogP contribution < -0.4 is 9.47 Å². The third kappa shape index (κ3) is 3.17. The lowest BCUT2D eigenvalue weighted by molar-refractivity contribution is 0.112. The van der Waals surface area contributed by atoms with E-state index in [1.165, 1.54) is 19.5 Å². The van der Waals surface area contributed by atoms with E-state index >= 15 is 0 Å². The number of ether oxygens (including phenoxy) is 2. The summed E-state index contributed by atoms with van der Waals surface area (Å²) in [4.78, 5) is 19.1. The van der Waals surface area contributed by atoms with Gasteiger partial charge in [-0.1, -0.05) is 11.6 Å². The Balaban J connectivity index is 2.64. The Morgan fingerprint density at radius 3 is 2.64 bits per heavy atom. The second kappa shape index (κ2) is 6.70. The first-order valence-corrected chi connectivity index (χ1v) is 6.86. The summed E-state index contributed by atoms with van der Waals surface area (Å²) < 4.78 is 24.8. The lowest BCUT2D eigenvalue weighted by atomic mass is 10.1. The summed E-state index contributed by atoms with van der Waals surface area (Å²) in [6.07, 6.45) is 1.57. The van der Waals surface area contributed by atoms with Crippen molar-refractivity contribution < 1.29 is 18.7 Å². The van der Waals surface area contributed by atoms with Gasteiger partial charge in [0.1, 0.15) is 23.5 Å². The van der Waals surface area contributed by atoms with Crippen molar-refractivity contribution in [3.05, 3.63) is 34.9 Å². The van der Waals surface area contributed by atoms with Crippen molar-refractivity contribution in [3.8, 4) is 22.9 Å². The Morgan fingerprint density at radius 1 is 1.32 bits per heavy atom. The molecule has 1 aromatic carbocycles. The van der Waals surface area contributed by atoms with Gasteiger partial charge in [-0.15, -0.1) is 0 Å². The number of methoxy groups -OCH3 is 1. The Labute approximate surface area is 132 Å². The molecule has 7 heteroatoms. The molecule has 5 nitrogen and oxygen atoms in total. The molecule has 2 aromatic rings. The number of rotatable bonds is 5. The Bertz CT molecular complexity index is 707. The van der Waals surface area contributed by atoms with Crippen molar-refractivity contribution >= 4 is 17.9 Å². The summed E-state index contributed by atoms with van der Waals surface area (Å²) in [6, 6.07) is 2.53. The lowest BCUT2D eigenvalue weighted by Crippen LogP contribution is -2.07. The van der Waals surface area contributed by atoms with E-state index in [0.29, 0.717) is 12.0 Å². The van der Waals surface area contributed by atoms with Gasteiger partial charge < -0.3 is 9.47 Å². The van der Waals surface area contributed by atoms with E-state index in [2.05, 4.69) is 9.97 Å². The average Bonchev–Trinajstić information content (AvgIpc) is 2.48. The smallest absolute Gasteiger partial charge is 0.227 e. The summed E-state index contributed by atoms with van der Waals surface area (Å²) in [6.45, 7) is 3.65.